The zero-order valence-corrected chi connectivity index (χ0v) is 19.6. The summed E-state index contributed by atoms with van der Waals surface area (Å²) in [5.41, 5.74) is -1.18. The summed E-state index contributed by atoms with van der Waals surface area (Å²) < 4.78 is 49.4. The molecule has 0 atom stereocenters. The zero-order chi connectivity index (χ0) is 25.3. The van der Waals surface area contributed by atoms with Crippen molar-refractivity contribution in [3.8, 4) is 5.75 Å². The molecule has 0 unspecified atom stereocenters. The van der Waals surface area contributed by atoms with E-state index in [2.05, 4.69) is 5.32 Å². The molecule has 10 heteroatoms. The van der Waals surface area contributed by atoms with Crippen LogP contribution in [0.1, 0.15) is 21.6 Å². The summed E-state index contributed by atoms with van der Waals surface area (Å²) in [6.07, 6.45) is -4.94. The largest absolute Gasteiger partial charge is 0.497 e. The van der Waals surface area contributed by atoms with Crippen LogP contribution in [0.2, 0.25) is 10.0 Å². The van der Waals surface area contributed by atoms with Crippen molar-refractivity contribution < 1.29 is 27.5 Å². The maximum absolute atomic E-state index is 14.4. The Balaban J connectivity index is 1.89. The summed E-state index contributed by atoms with van der Waals surface area (Å²) in [5, 5.41) is 2.98. The minimum absolute atomic E-state index is 0.0584. The lowest BCUT2D eigenvalue weighted by Gasteiger charge is -2.15. The van der Waals surface area contributed by atoms with Gasteiger partial charge in [-0.1, -0.05) is 41.4 Å². The minimum atomic E-state index is -4.94. The first-order valence-corrected chi connectivity index (χ1v) is 11.0. The maximum Gasteiger partial charge on any atom is 0.432 e. The number of rotatable bonds is 6. The van der Waals surface area contributed by atoms with E-state index in [0.29, 0.717) is 10.6 Å². The average Bonchev–Trinajstić information content (AvgIpc) is 3.13. The molecule has 4 rings (SSSR count). The smallest absolute Gasteiger partial charge is 0.432 e. The molecule has 0 saturated carbocycles. The Labute approximate surface area is 208 Å². The topological polar surface area (TPSA) is 60.3 Å². The second-order valence-corrected chi connectivity index (χ2v) is 8.48. The van der Waals surface area contributed by atoms with Gasteiger partial charge in [0.05, 0.1) is 12.7 Å². The first kappa shape index (κ1) is 24.6. The molecule has 0 aliphatic heterocycles. The van der Waals surface area contributed by atoms with Crippen LogP contribution in [0, 0.1) is 0 Å². The number of carbonyl (C=O) groups excluding carboxylic acids is 2. The number of benzene rings is 3. The fraction of sp³-hybridized carbons (Fsp3) is 0.120. The average molecular weight is 521 g/mol. The van der Waals surface area contributed by atoms with Gasteiger partial charge < -0.3 is 14.6 Å². The molecule has 0 bridgehead atoms. The molecule has 1 amide bonds. The maximum atomic E-state index is 14.4. The number of nitrogens with one attached hydrogen (secondary N) is 1. The Morgan fingerprint density at radius 2 is 1.69 bits per heavy atom. The van der Waals surface area contributed by atoms with E-state index >= 15 is 0 Å². The van der Waals surface area contributed by atoms with Crippen LogP contribution >= 0.6 is 23.2 Å². The van der Waals surface area contributed by atoms with Gasteiger partial charge in [-0.3, -0.25) is 9.59 Å². The van der Waals surface area contributed by atoms with E-state index in [9.17, 15) is 22.8 Å². The Morgan fingerprint density at radius 1 is 0.971 bits per heavy atom. The summed E-state index contributed by atoms with van der Waals surface area (Å²) >= 11 is 11.8. The van der Waals surface area contributed by atoms with E-state index < -0.39 is 29.1 Å². The van der Waals surface area contributed by atoms with Gasteiger partial charge >= 0.3 is 6.18 Å². The number of anilines is 1. The van der Waals surface area contributed by atoms with Crippen molar-refractivity contribution in [3.63, 3.8) is 0 Å². The Bertz CT molecular complexity index is 1430. The predicted molar refractivity (Wildman–Crippen MR) is 128 cm³/mol. The molecule has 0 fully saturated rings. The van der Waals surface area contributed by atoms with Crippen LogP contribution in [-0.4, -0.2) is 23.4 Å². The third-order valence-electron chi connectivity index (χ3n) is 5.31. The SMILES string of the molecule is COc1ccc2c(c1)c(C(=O)C(=O)Nc1cccc(Cl)c1)c(C(F)(F)F)n2Cc1ccc(Cl)cc1. The van der Waals surface area contributed by atoms with Gasteiger partial charge in [-0.2, -0.15) is 13.2 Å². The van der Waals surface area contributed by atoms with Crippen molar-refractivity contribution in [2.45, 2.75) is 12.7 Å². The van der Waals surface area contributed by atoms with Crippen LogP contribution in [0.5, 0.6) is 5.75 Å². The number of ketones is 1. The molecule has 1 N–H and O–H groups in total. The second-order valence-electron chi connectivity index (χ2n) is 7.61. The Hall–Kier alpha value is -3.49. The number of hydrogen-bond acceptors (Lipinski definition) is 3. The Kier molecular flexibility index (Phi) is 6.78. The number of methoxy groups -OCH3 is 1. The van der Waals surface area contributed by atoms with Gasteiger partial charge in [-0.15, -0.1) is 0 Å². The first-order valence-electron chi connectivity index (χ1n) is 10.2. The number of hydrogen-bond donors (Lipinski definition) is 1. The van der Waals surface area contributed by atoms with Crippen LogP contribution in [0.3, 0.4) is 0 Å². The third-order valence-corrected chi connectivity index (χ3v) is 5.80. The number of aromatic nitrogens is 1. The molecule has 0 saturated heterocycles. The molecular weight excluding hydrogens is 504 g/mol. The number of nitrogens with zero attached hydrogens (tertiary/aromatic N) is 1. The lowest BCUT2D eigenvalue weighted by Crippen LogP contribution is -2.26. The predicted octanol–water partition coefficient (Wildman–Crippen LogP) is 6.85. The number of ether oxygens (including phenoxy) is 1. The quantitative estimate of drug-likeness (QED) is 0.223. The van der Waals surface area contributed by atoms with Crippen LogP contribution in [0.4, 0.5) is 18.9 Å². The number of carbonyl (C=O) groups is 2. The lowest BCUT2D eigenvalue weighted by molar-refractivity contribution is -0.143. The normalized spacial score (nSPS) is 11.5. The molecular formula is C25H17Cl2F3N2O3. The molecule has 3 aromatic carbocycles. The highest BCUT2D eigenvalue weighted by Gasteiger charge is 2.42. The highest BCUT2D eigenvalue weighted by atomic mass is 35.5. The number of amides is 1. The highest BCUT2D eigenvalue weighted by molar-refractivity contribution is 6.49. The van der Waals surface area contributed by atoms with E-state index in [1.54, 1.807) is 30.3 Å². The second kappa shape index (κ2) is 9.64. The number of Topliss-reactive ketones (excluding diaryl/α,β-unsaturated/α-hetero) is 1. The fourth-order valence-corrected chi connectivity index (χ4v) is 4.11. The summed E-state index contributed by atoms with van der Waals surface area (Å²) in [5.74, 6) is -2.34. The van der Waals surface area contributed by atoms with Crippen molar-refractivity contribution in [2.75, 3.05) is 12.4 Å². The number of alkyl halides is 3. The van der Waals surface area contributed by atoms with E-state index in [1.165, 1.54) is 43.5 Å². The number of halogens is 5. The van der Waals surface area contributed by atoms with Gasteiger partial charge in [-0.05, 0) is 54.1 Å². The lowest BCUT2D eigenvalue weighted by atomic mass is 10.0. The molecule has 1 aromatic heterocycles. The van der Waals surface area contributed by atoms with Crippen molar-refractivity contribution in [2.24, 2.45) is 0 Å². The summed E-state index contributed by atoms with van der Waals surface area (Å²) in [7, 11) is 1.35. The van der Waals surface area contributed by atoms with Gasteiger partial charge in [0.2, 0.25) is 0 Å². The molecule has 0 aliphatic rings. The Morgan fingerprint density at radius 3 is 2.31 bits per heavy atom. The molecule has 0 aliphatic carbocycles. The third kappa shape index (κ3) is 5.13. The monoisotopic (exact) mass is 520 g/mol. The van der Waals surface area contributed by atoms with Crippen LogP contribution < -0.4 is 10.1 Å². The standard InChI is InChI=1S/C25H17Cl2F3N2O3/c1-35-18-9-10-20-19(12-18)21(22(33)24(34)31-17-4-2-3-16(27)11-17)23(25(28,29)30)32(20)13-14-5-7-15(26)8-6-14/h2-12H,13H2,1H3,(H,31,34). The van der Waals surface area contributed by atoms with Crippen LogP contribution in [-0.2, 0) is 17.5 Å². The van der Waals surface area contributed by atoms with Gasteiger partial charge in [-0.25, -0.2) is 0 Å². The number of fused-ring (bicyclic) bond motifs is 1. The van der Waals surface area contributed by atoms with Crippen molar-refractivity contribution >= 4 is 51.5 Å². The molecule has 4 aromatic rings. The molecule has 180 valence electrons. The van der Waals surface area contributed by atoms with Crippen molar-refractivity contribution in [1.29, 1.82) is 0 Å². The van der Waals surface area contributed by atoms with Crippen molar-refractivity contribution in [1.82, 2.24) is 4.57 Å². The summed E-state index contributed by atoms with van der Waals surface area (Å²) in [6, 6.07) is 16.4. The van der Waals surface area contributed by atoms with E-state index in [1.807, 2.05) is 0 Å². The van der Waals surface area contributed by atoms with Gasteiger partial charge in [0.15, 0.2) is 0 Å². The molecule has 35 heavy (non-hydrogen) atoms. The van der Waals surface area contributed by atoms with Gasteiger partial charge in [0.25, 0.3) is 11.7 Å². The zero-order valence-electron chi connectivity index (χ0n) is 18.1. The summed E-state index contributed by atoms with van der Waals surface area (Å²) in [6.45, 7) is -0.210. The van der Waals surface area contributed by atoms with E-state index in [-0.39, 0.29) is 33.9 Å². The van der Waals surface area contributed by atoms with Gasteiger partial charge in [0, 0.05) is 33.2 Å². The molecule has 1 heterocycles. The molecule has 5 nitrogen and oxygen atoms in total. The van der Waals surface area contributed by atoms with E-state index in [4.69, 9.17) is 27.9 Å². The van der Waals surface area contributed by atoms with Crippen LogP contribution in [0.25, 0.3) is 10.9 Å². The molecule has 0 radical (unpaired) electrons. The first-order chi connectivity index (χ1) is 16.6. The summed E-state index contributed by atoms with van der Waals surface area (Å²) in [4.78, 5) is 26.0. The van der Waals surface area contributed by atoms with Crippen LogP contribution in [0.15, 0.2) is 66.7 Å². The van der Waals surface area contributed by atoms with E-state index in [0.717, 1.165) is 4.57 Å². The minimum Gasteiger partial charge on any atom is -0.497 e. The van der Waals surface area contributed by atoms with Crippen molar-refractivity contribution in [3.05, 3.63) is 93.6 Å². The molecule has 0 spiro atoms. The van der Waals surface area contributed by atoms with Gasteiger partial charge in [0.1, 0.15) is 11.4 Å². The fourth-order valence-electron chi connectivity index (χ4n) is 3.79. The highest BCUT2D eigenvalue weighted by Crippen LogP contribution is 2.40.